The second kappa shape index (κ2) is 11.9. The van der Waals surface area contributed by atoms with Crippen molar-refractivity contribution in [2.45, 2.75) is 32.2 Å². The fourth-order valence-electron chi connectivity index (χ4n) is 3.66. The summed E-state index contributed by atoms with van der Waals surface area (Å²) in [5, 5.41) is 13.9. The van der Waals surface area contributed by atoms with Gasteiger partial charge in [-0.3, -0.25) is 15.0 Å². The minimum Gasteiger partial charge on any atom is -0.468 e. The second-order valence-corrected chi connectivity index (χ2v) is 7.25. The zero-order chi connectivity index (χ0) is 20.6. The van der Waals surface area contributed by atoms with Gasteiger partial charge in [-0.05, 0) is 57.1 Å². The molecule has 1 unspecified atom stereocenters. The van der Waals surface area contributed by atoms with Crippen molar-refractivity contribution in [3.05, 3.63) is 48.4 Å². The smallest absolute Gasteiger partial charge is 0.216 e. The van der Waals surface area contributed by atoms with Crippen molar-refractivity contribution in [3.63, 3.8) is 0 Å². The maximum absolute atomic E-state index is 5.69. The van der Waals surface area contributed by atoms with Crippen molar-refractivity contribution in [2.75, 3.05) is 32.7 Å². The molecule has 10 heteroatoms. The van der Waals surface area contributed by atoms with E-state index >= 15 is 0 Å². The van der Waals surface area contributed by atoms with Crippen LogP contribution in [0.25, 0.3) is 11.6 Å². The monoisotopic (exact) mass is 539 g/mol. The number of rotatable bonds is 9. The quantitative estimate of drug-likeness (QED) is 0.218. The van der Waals surface area contributed by atoms with Gasteiger partial charge in [0.2, 0.25) is 5.82 Å². The number of aromatic nitrogens is 3. The second-order valence-electron chi connectivity index (χ2n) is 7.25. The molecule has 0 amide bonds. The van der Waals surface area contributed by atoms with Gasteiger partial charge in [-0.2, -0.15) is 5.10 Å². The Kier molecular flexibility index (Phi) is 8.95. The SMILES string of the molecule is CCNC(=NCC(c1ccco1)N1CCCC1)NCCc1nc(-c2ccco2)n[nH]1.I. The molecule has 0 bridgehead atoms. The van der Waals surface area contributed by atoms with Gasteiger partial charge in [-0.15, -0.1) is 24.0 Å². The maximum atomic E-state index is 5.69. The zero-order valence-corrected chi connectivity index (χ0v) is 20.0. The van der Waals surface area contributed by atoms with Crippen LogP contribution < -0.4 is 10.6 Å². The molecule has 0 aromatic carbocycles. The summed E-state index contributed by atoms with van der Waals surface area (Å²) in [4.78, 5) is 11.8. The van der Waals surface area contributed by atoms with Gasteiger partial charge in [0.15, 0.2) is 11.7 Å². The third-order valence-corrected chi connectivity index (χ3v) is 5.15. The van der Waals surface area contributed by atoms with Crippen LogP contribution in [0.1, 0.15) is 37.4 Å². The van der Waals surface area contributed by atoms with E-state index in [1.54, 1.807) is 12.5 Å². The van der Waals surface area contributed by atoms with Crippen LogP contribution in [0.15, 0.2) is 50.6 Å². The van der Waals surface area contributed by atoms with Gasteiger partial charge in [-0.25, -0.2) is 4.98 Å². The summed E-state index contributed by atoms with van der Waals surface area (Å²) in [7, 11) is 0. The largest absolute Gasteiger partial charge is 0.468 e. The van der Waals surface area contributed by atoms with Gasteiger partial charge in [0.05, 0.1) is 25.1 Å². The lowest BCUT2D eigenvalue weighted by Crippen LogP contribution is -2.39. The van der Waals surface area contributed by atoms with Crippen molar-refractivity contribution >= 4 is 29.9 Å². The normalized spacial score (nSPS) is 15.6. The number of hydrogen-bond acceptors (Lipinski definition) is 6. The van der Waals surface area contributed by atoms with Crippen LogP contribution in [0, 0.1) is 0 Å². The van der Waals surface area contributed by atoms with Crippen LogP contribution in [-0.2, 0) is 6.42 Å². The van der Waals surface area contributed by atoms with E-state index in [1.807, 2.05) is 24.3 Å². The van der Waals surface area contributed by atoms with Crippen LogP contribution >= 0.6 is 24.0 Å². The van der Waals surface area contributed by atoms with Crippen molar-refractivity contribution < 1.29 is 8.83 Å². The van der Waals surface area contributed by atoms with Crippen LogP contribution in [0.2, 0.25) is 0 Å². The predicted molar refractivity (Wildman–Crippen MR) is 129 cm³/mol. The molecule has 9 nitrogen and oxygen atoms in total. The summed E-state index contributed by atoms with van der Waals surface area (Å²) in [5.41, 5.74) is 0. The highest BCUT2D eigenvalue weighted by Gasteiger charge is 2.25. The van der Waals surface area contributed by atoms with E-state index in [0.29, 0.717) is 31.1 Å². The van der Waals surface area contributed by atoms with Gasteiger partial charge in [-0.1, -0.05) is 0 Å². The first-order chi connectivity index (χ1) is 14.8. The lowest BCUT2D eigenvalue weighted by Gasteiger charge is -2.24. The van der Waals surface area contributed by atoms with E-state index in [-0.39, 0.29) is 30.0 Å². The fourth-order valence-corrected chi connectivity index (χ4v) is 3.66. The number of hydrogen-bond donors (Lipinski definition) is 3. The predicted octanol–water partition coefficient (Wildman–Crippen LogP) is 3.21. The third-order valence-electron chi connectivity index (χ3n) is 5.15. The molecule has 31 heavy (non-hydrogen) atoms. The van der Waals surface area contributed by atoms with Gasteiger partial charge in [0.1, 0.15) is 11.6 Å². The maximum Gasteiger partial charge on any atom is 0.216 e. The molecule has 4 rings (SSSR count). The molecule has 0 aliphatic carbocycles. The number of likely N-dealkylation sites (tertiary alicyclic amines) is 1. The van der Waals surface area contributed by atoms with E-state index in [2.05, 4.69) is 37.6 Å². The molecule has 3 aromatic heterocycles. The Morgan fingerprint density at radius 1 is 1.19 bits per heavy atom. The summed E-state index contributed by atoms with van der Waals surface area (Å²) in [6.07, 6.45) is 6.52. The Balaban J connectivity index is 0.00000272. The van der Waals surface area contributed by atoms with Gasteiger partial charge < -0.3 is 19.5 Å². The van der Waals surface area contributed by atoms with E-state index in [0.717, 1.165) is 37.2 Å². The molecule has 0 saturated carbocycles. The Morgan fingerprint density at radius 2 is 2.00 bits per heavy atom. The molecule has 168 valence electrons. The van der Waals surface area contributed by atoms with Crippen molar-refractivity contribution in [3.8, 4) is 11.6 Å². The Bertz CT molecular complexity index is 902. The molecule has 1 fully saturated rings. The number of guanidine groups is 1. The number of aliphatic imine (C=N–C) groups is 1. The first-order valence-corrected chi connectivity index (χ1v) is 10.6. The molecule has 0 radical (unpaired) electrons. The standard InChI is InChI=1S/C21H29N7O2.HI/c1-2-22-21(23-10-9-19-25-20(27-26-19)18-8-6-14-30-18)24-15-16(17-7-5-13-29-17)28-11-3-4-12-28;/h5-8,13-14,16H,2-4,9-12,15H2,1H3,(H2,22,23,24)(H,25,26,27);1H. The Morgan fingerprint density at radius 3 is 2.71 bits per heavy atom. The van der Waals surface area contributed by atoms with Crippen LogP contribution in [0.3, 0.4) is 0 Å². The van der Waals surface area contributed by atoms with Crippen molar-refractivity contribution in [1.29, 1.82) is 0 Å². The molecule has 1 saturated heterocycles. The molecule has 3 aromatic rings. The first kappa shape index (κ1) is 23.3. The highest BCUT2D eigenvalue weighted by Crippen LogP contribution is 2.25. The molecular formula is C21H30IN7O2. The summed E-state index contributed by atoms with van der Waals surface area (Å²) in [6.45, 7) is 6.38. The average molecular weight is 539 g/mol. The van der Waals surface area contributed by atoms with Crippen molar-refractivity contribution in [1.82, 2.24) is 30.7 Å². The summed E-state index contributed by atoms with van der Waals surface area (Å²) in [6, 6.07) is 7.82. The molecule has 1 atom stereocenters. The highest BCUT2D eigenvalue weighted by molar-refractivity contribution is 14.0. The number of H-pyrrole nitrogens is 1. The summed E-state index contributed by atoms with van der Waals surface area (Å²) >= 11 is 0. The number of aromatic amines is 1. The lowest BCUT2D eigenvalue weighted by molar-refractivity contribution is 0.221. The van der Waals surface area contributed by atoms with Gasteiger partial charge >= 0.3 is 0 Å². The highest BCUT2D eigenvalue weighted by atomic mass is 127. The minimum atomic E-state index is 0. The molecule has 0 spiro atoms. The Labute approximate surface area is 199 Å². The number of halogens is 1. The van der Waals surface area contributed by atoms with Crippen LogP contribution in [0.4, 0.5) is 0 Å². The van der Waals surface area contributed by atoms with Gasteiger partial charge in [0.25, 0.3) is 0 Å². The van der Waals surface area contributed by atoms with Crippen molar-refractivity contribution in [2.24, 2.45) is 4.99 Å². The number of nitrogens with one attached hydrogen (secondary N) is 3. The van der Waals surface area contributed by atoms with E-state index in [9.17, 15) is 0 Å². The molecule has 1 aliphatic heterocycles. The number of furan rings is 2. The van der Waals surface area contributed by atoms with Crippen LogP contribution in [-0.4, -0.2) is 58.8 Å². The average Bonchev–Trinajstić information content (AvgIpc) is 3.57. The molecule has 3 N–H and O–H groups in total. The van der Waals surface area contributed by atoms with E-state index in [4.69, 9.17) is 13.8 Å². The molecule has 1 aliphatic rings. The van der Waals surface area contributed by atoms with E-state index < -0.39 is 0 Å². The molecule has 4 heterocycles. The first-order valence-electron chi connectivity index (χ1n) is 10.6. The number of nitrogens with zero attached hydrogens (tertiary/aromatic N) is 4. The third kappa shape index (κ3) is 6.33. The topological polar surface area (TPSA) is 108 Å². The summed E-state index contributed by atoms with van der Waals surface area (Å²) in [5.74, 6) is 3.80. The lowest BCUT2D eigenvalue weighted by atomic mass is 10.2. The summed E-state index contributed by atoms with van der Waals surface area (Å²) < 4.78 is 11.0. The van der Waals surface area contributed by atoms with Gasteiger partial charge in [0, 0.05) is 19.5 Å². The van der Waals surface area contributed by atoms with Crippen LogP contribution in [0.5, 0.6) is 0 Å². The van der Waals surface area contributed by atoms with E-state index in [1.165, 1.54) is 12.8 Å². The fraction of sp³-hybridized carbons (Fsp3) is 0.476. The minimum absolute atomic E-state index is 0. The Hall–Kier alpha value is -2.34. The zero-order valence-electron chi connectivity index (χ0n) is 17.7. The molecular weight excluding hydrogens is 509 g/mol.